The number of quaternary nitrogens is 1. The molecule has 3 atom stereocenters. The molecule has 0 aromatic rings. The number of aliphatic hydroxyl groups is 1. The summed E-state index contributed by atoms with van der Waals surface area (Å²) in [6.07, 6.45) is 41.8. The van der Waals surface area contributed by atoms with E-state index in [0.29, 0.717) is 17.4 Å². The molecule has 0 aliphatic rings. The molecule has 2 N–H and O–H groups in total. The molecule has 8 nitrogen and oxygen atoms in total. The summed E-state index contributed by atoms with van der Waals surface area (Å²) in [7, 11) is 1.25. The molecule has 3 unspecified atom stereocenters. The van der Waals surface area contributed by atoms with E-state index in [0.717, 1.165) is 57.8 Å². The fourth-order valence-electron chi connectivity index (χ4n) is 5.91. The highest BCUT2D eigenvalue weighted by Crippen LogP contribution is 2.38. The molecule has 0 rings (SSSR count). The highest BCUT2D eigenvalue weighted by molar-refractivity contribution is 7.45. The molecular formula is C43H83N2O6P. The van der Waals surface area contributed by atoms with Gasteiger partial charge in [0.25, 0.3) is 7.82 Å². The van der Waals surface area contributed by atoms with E-state index in [1.807, 2.05) is 27.2 Å². The van der Waals surface area contributed by atoms with Gasteiger partial charge in [0.1, 0.15) is 13.2 Å². The minimum Gasteiger partial charge on any atom is -0.756 e. The summed E-state index contributed by atoms with van der Waals surface area (Å²) < 4.78 is 23.2. The Morgan fingerprint density at radius 3 is 1.60 bits per heavy atom. The number of carbonyl (C=O) groups excluding carboxylic acids is 1. The highest BCUT2D eigenvalue weighted by atomic mass is 31.2. The zero-order valence-electron chi connectivity index (χ0n) is 34.5. The lowest BCUT2D eigenvalue weighted by Gasteiger charge is -2.29. The molecule has 0 aromatic carbocycles. The van der Waals surface area contributed by atoms with E-state index in [4.69, 9.17) is 9.05 Å². The molecule has 0 aromatic heterocycles. The number of hydrogen-bond acceptors (Lipinski definition) is 6. The molecule has 0 radical (unpaired) electrons. The number of allylic oxidation sites excluding steroid dienone is 5. The molecule has 0 aliphatic carbocycles. The quantitative estimate of drug-likeness (QED) is 0.0214. The molecule has 0 saturated heterocycles. The third kappa shape index (κ3) is 37.1. The predicted molar refractivity (Wildman–Crippen MR) is 219 cm³/mol. The van der Waals surface area contributed by atoms with E-state index in [9.17, 15) is 19.4 Å². The van der Waals surface area contributed by atoms with Crippen LogP contribution in [-0.2, 0) is 18.4 Å². The lowest BCUT2D eigenvalue weighted by Crippen LogP contribution is -2.45. The van der Waals surface area contributed by atoms with E-state index < -0.39 is 20.0 Å². The van der Waals surface area contributed by atoms with Gasteiger partial charge in [-0.05, 0) is 44.9 Å². The number of unbranched alkanes of at least 4 members (excludes halogenated alkanes) is 22. The molecular weight excluding hydrogens is 671 g/mol. The third-order valence-corrected chi connectivity index (χ3v) is 10.3. The Balaban J connectivity index is 4.49. The van der Waals surface area contributed by atoms with Gasteiger partial charge in [-0.25, -0.2) is 0 Å². The first-order valence-corrected chi connectivity index (χ1v) is 22.8. The monoisotopic (exact) mass is 755 g/mol. The van der Waals surface area contributed by atoms with Gasteiger partial charge < -0.3 is 28.8 Å². The average molecular weight is 755 g/mol. The lowest BCUT2D eigenvalue weighted by molar-refractivity contribution is -0.870. The van der Waals surface area contributed by atoms with Gasteiger partial charge in [-0.1, -0.05) is 166 Å². The Morgan fingerprint density at radius 2 is 1.10 bits per heavy atom. The Bertz CT molecular complexity index is 948. The van der Waals surface area contributed by atoms with Crippen LogP contribution in [0.15, 0.2) is 36.5 Å². The van der Waals surface area contributed by atoms with E-state index >= 15 is 0 Å². The van der Waals surface area contributed by atoms with Gasteiger partial charge in [-0.15, -0.1) is 0 Å². The van der Waals surface area contributed by atoms with Crippen LogP contribution in [0.5, 0.6) is 0 Å². The molecule has 0 fully saturated rings. The second kappa shape index (κ2) is 35.4. The number of aliphatic hydroxyl groups excluding tert-OH is 1. The van der Waals surface area contributed by atoms with Crippen LogP contribution in [0, 0.1) is 0 Å². The SMILES string of the molecule is CCCCC/C=C\C=C/CCCCCCCCC(=O)NC(COP(=O)([O-])OCC[N+](C)(C)C)C(O)/C=C/CCCCCCCCCCCCCCC. The fourth-order valence-corrected chi connectivity index (χ4v) is 6.63. The van der Waals surface area contributed by atoms with E-state index in [1.165, 1.54) is 103 Å². The second-order valence-corrected chi connectivity index (χ2v) is 17.1. The van der Waals surface area contributed by atoms with Gasteiger partial charge in [0.05, 0.1) is 39.9 Å². The first kappa shape index (κ1) is 50.7. The highest BCUT2D eigenvalue weighted by Gasteiger charge is 2.23. The van der Waals surface area contributed by atoms with E-state index in [-0.39, 0.29) is 19.1 Å². The second-order valence-electron chi connectivity index (χ2n) is 15.7. The van der Waals surface area contributed by atoms with E-state index in [2.05, 4.69) is 43.5 Å². The van der Waals surface area contributed by atoms with Crippen LogP contribution in [0.25, 0.3) is 0 Å². The lowest BCUT2D eigenvalue weighted by atomic mass is 10.0. The number of likely N-dealkylation sites (N-methyl/N-ethyl adjacent to an activating group) is 1. The molecule has 0 aliphatic heterocycles. The number of phosphoric acid groups is 1. The van der Waals surface area contributed by atoms with Crippen molar-refractivity contribution in [1.82, 2.24) is 5.32 Å². The van der Waals surface area contributed by atoms with Gasteiger partial charge in [0, 0.05) is 6.42 Å². The van der Waals surface area contributed by atoms with Crippen LogP contribution in [0.2, 0.25) is 0 Å². The van der Waals surface area contributed by atoms with Gasteiger partial charge in [0.15, 0.2) is 0 Å². The zero-order chi connectivity index (χ0) is 38.6. The van der Waals surface area contributed by atoms with Crippen LogP contribution >= 0.6 is 7.82 Å². The minimum atomic E-state index is -4.59. The normalized spacial score (nSPS) is 14.8. The van der Waals surface area contributed by atoms with Crippen molar-refractivity contribution in [2.24, 2.45) is 0 Å². The number of hydrogen-bond donors (Lipinski definition) is 2. The van der Waals surface area contributed by atoms with Crippen molar-refractivity contribution in [3.8, 4) is 0 Å². The van der Waals surface area contributed by atoms with Crippen molar-refractivity contribution in [3.63, 3.8) is 0 Å². The Labute approximate surface area is 321 Å². The fraction of sp³-hybridized carbons (Fsp3) is 0.837. The van der Waals surface area contributed by atoms with Gasteiger partial charge in [-0.2, -0.15) is 0 Å². The first-order valence-electron chi connectivity index (χ1n) is 21.4. The zero-order valence-corrected chi connectivity index (χ0v) is 35.4. The van der Waals surface area contributed by atoms with Crippen LogP contribution in [0.4, 0.5) is 0 Å². The Kier molecular flexibility index (Phi) is 34.6. The summed E-state index contributed by atoms with van der Waals surface area (Å²) in [4.78, 5) is 25.2. The van der Waals surface area contributed by atoms with Gasteiger partial charge in [-0.3, -0.25) is 9.36 Å². The number of nitrogens with one attached hydrogen (secondary N) is 1. The maximum Gasteiger partial charge on any atom is 0.268 e. The maximum atomic E-state index is 12.8. The van der Waals surface area contributed by atoms with Crippen molar-refractivity contribution >= 4 is 13.7 Å². The van der Waals surface area contributed by atoms with Crippen LogP contribution in [0.1, 0.15) is 181 Å². The number of phosphoric ester groups is 1. The molecule has 0 spiro atoms. The predicted octanol–water partition coefficient (Wildman–Crippen LogP) is 10.9. The molecule has 1 amide bonds. The van der Waals surface area contributed by atoms with Crippen LogP contribution in [0.3, 0.4) is 0 Å². The standard InChI is InChI=1S/C43H83N2O6P/c1-6-8-10-12-14-16-18-20-22-24-26-28-30-32-34-36-42(46)41(40-51-52(48,49)50-39-38-45(3,4)5)44-43(47)37-35-33-31-29-27-25-23-21-19-17-15-13-11-9-7-2/h15,17,19,21,34,36,41-42,46H,6-14,16,18,20,22-33,35,37-40H2,1-5H3,(H-,44,47,48,49)/b17-15-,21-19-,36-34+. The molecule has 9 heteroatoms. The van der Waals surface area contributed by atoms with E-state index in [1.54, 1.807) is 6.08 Å². The molecule has 52 heavy (non-hydrogen) atoms. The summed E-state index contributed by atoms with van der Waals surface area (Å²) in [5.41, 5.74) is 0. The summed E-state index contributed by atoms with van der Waals surface area (Å²) in [6.45, 7) is 4.59. The number of nitrogens with zero attached hydrogens (tertiary/aromatic N) is 1. The summed E-state index contributed by atoms with van der Waals surface area (Å²) >= 11 is 0. The van der Waals surface area contributed by atoms with Crippen molar-refractivity contribution in [2.45, 2.75) is 193 Å². The van der Waals surface area contributed by atoms with Crippen LogP contribution < -0.4 is 10.2 Å². The molecule has 306 valence electrons. The topological polar surface area (TPSA) is 108 Å². The number of carbonyl (C=O) groups is 1. The van der Waals surface area contributed by atoms with Crippen molar-refractivity contribution in [3.05, 3.63) is 36.5 Å². The Hall–Kier alpha value is -1.28. The summed E-state index contributed by atoms with van der Waals surface area (Å²) in [5, 5.41) is 13.7. The first-order chi connectivity index (χ1) is 25.0. The van der Waals surface area contributed by atoms with Gasteiger partial charge in [0.2, 0.25) is 5.91 Å². The smallest absolute Gasteiger partial charge is 0.268 e. The number of amides is 1. The summed E-state index contributed by atoms with van der Waals surface area (Å²) in [5.74, 6) is -0.211. The molecule has 0 bridgehead atoms. The van der Waals surface area contributed by atoms with Crippen molar-refractivity contribution in [2.75, 3.05) is 40.9 Å². The molecule has 0 saturated carbocycles. The van der Waals surface area contributed by atoms with Crippen molar-refractivity contribution < 1.29 is 32.9 Å². The van der Waals surface area contributed by atoms with Crippen LogP contribution in [-0.4, -0.2) is 68.5 Å². The molecule has 0 heterocycles. The maximum absolute atomic E-state index is 12.8. The average Bonchev–Trinajstić information content (AvgIpc) is 3.09. The third-order valence-electron chi connectivity index (χ3n) is 9.37. The minimum absolute atomic E-state index is 0.00385. The largest absolute Gasteiger partial charge is 0.756 e. The van der Waals surface area contributed by atoms with Gasteiger partial charge >= 0.3 is 0 Å². The number of rotatable bonds is 38. The van der Waals surface area contributed by atoms with Crippen molar-refractivity contribution in [1.29, 1.82) is 0 Å². The Morgan fingerprint density at radius 1 is 0.673 bits per heavy atom. The summed E-state index contributed by atoms with van der Waals surface area (Å²) in [6, 6.07) is -0.890.